The van der Waals surface area contributed by atoms with Gasteiger partial charge < -0.3 is 36.5 Å². The molecule has 270 valence electrons. The minimum absolute atomic E-state index is 0.0347. The lowest BCUT2D eigenvalue weighted by Gasteiger charge is -2.30. The molecule has 6 N–H and O–H groups in total. The highest BCUT2D eigenvalue weighted by atomic mass is 32.2. The van der Waals surface area contributed by atoms with Gasteiger partial charge in [0, 0.05) is 6.42 Å². The number of alkyl carbamates (subject to hydrolysis) is 1. The Bertz CT molecular complexity index is 1210. The zero-order valence-corrected chi connectivity index (χ0v) is 30.4. The Morgan fingerprint density at radius 2 is 1.33 bits per heavy atom. The predicted octanol–water partition coefficient (Wildman–Crippen LogP) is 3.19. The summed E-state index contributed by atoms with van der Waals surface area (Å²) in [7, 11) is 0. The number of benzene rings is 1. The molecule has 1 aromatic carbocycles. The summed E-state index contributed by atoms with van der Waals surface area (Å²) in [6, 6.07) is 4.73. The number of nitrogens with one attached hydrogen (secondary N) is 4. The fourth-order valence-electron chi connectivity index (χ4n) is 4.50. The summed E-state index contributed by atoms with van der Waals surface area (Å²) in [6.07, 6.45) is 2.00. The van der Waals surface area contributed by atoms with Gasteiger partial charge in [-0.1, -0.05) is 70.9 Å². The van der Waals surface area contributed by atoms with Gasteiger partial charge in [0.1, 0.15) is 36.4 Å². The molecule has 0 aliphatic rings. The van der Waals surface area contributed by atoms with Crippen LogP contribution in [0, 0.1) is 11.8 Å². The number of thioether (sulfide) groups is 1. The van der Waals surface area contributed by atoms with Crippen LogP contribution >= 0.6 is 11.8 Å². The minimum Gasteiger partial charge on any atom is -0.461 e. The molecule has 1 rings (SSSR count). The SMILES string of the molecule is CC[C@@H](C)[C@@H](NC(=O)[C@H](CCC(=O)OCc1ccccc1)NC(=O)[C@H](CCSC)NC(=O)OC(C)(C)C)C(=O)N[C@H](C(N)=O)[C@@H](C)CC. The van der Waals surface area contributed by atoms with Gasteiger partial charge in [0.05, 0.1) is 0 Å². The molecule has 14 heteroatoms. The van der Waals surface area contributed by atoms with E-state index in [1.54, 1.807) is 46.8 Å². The van der Waals surface area contributed by atoms with E-state index in [0.717, 1.165) is 5.56 Å². The first-order chi connectivity index (χ1) is 22.5. The van der Waals surface area contributed by atoms with E-state index in [4.69, 9.17) is 15.2 Å². The average Bonchev–Trinajstić information content (AvgIpc) is 3.03. The van der Waals surface area contributed by atoms with Crippen LogP contribution in [0.25, 0.3) is 0 Å². The summed E-state index contributed by atoms with van der Waals surface area (Å²) in [5.74, 6) is -3.37. The molecule has 0 aliphatic heterocycles. The van der Waals surface area contributed by atoms with Gasteiger partial charge in [-0.2, -0.15) is 11.8 Å². The maximum atomic E-state index is 13.8. The quantitative estimate of drug-likeness (QED) is 0.128. The minimum atomic E-state index is -1.28. The van der Waals surface area contributed by atoms with Crippen LogP contribution in [-0.4, -0.2) is 77.5 Å². The van der Waals surface area contributed by atoms with Crippen LogP contribution in [0.15, 0.2) is 30.3 Å². The second-order valence-electron chi connectivity index (χ2n) is 12.9. The van der Waals surface area contributed by atoms with Crippen molar-refractivity contribution in [2.24, 2.45) is 17.6 Å². The summed E-state index contributed by atoms with van der Waals surface area (Å²) >= 11 is 1.47. The smallest absolute Gasteiger partial charge is 0.408 e. The summed E-state index contributed by atoms with van der Waals surface area (Å²) in [5.41, 5.74) is 5.54. The standard InChI is InChI=1S/C34H55N5O8S/c1-9-21(3)27(29(35)41)38-32(44)28(22(4)10-2)39-31(43)24(16-17-26(40)46-20-23-14-12-11-13-15-23)36-30(42)25(18-19-48-8)37-33(45)47-34(5,6)7/h11-15,21-22,24-25,27-28H,9-10,16-20H2,1-8H3,(H2,35,41)(H,36,42)(H,37,45)(H,38,44)(H,39,43)/t21-,22+,24-,25-,27-,28+/m0/s1. The lowest BCUT2D eigenvalue weighted by atomic mass is 9.94. The fourth-order valence-corrected chi connectivity index (χ4v) is 4.97. The Morgan fingerprint density at radius 1 is 0.792 bits per heavy atom. The summed E-state index contributed by atoms with van der Waals surface area (Å²) in [5, 5.41) is 10.6. The number of nitrogens with two attached hydrogens (primary N) is 1. The summed E-state index contributed by atoms with van der Waals surface area (Å²) in [6.45, 7) is 12.4. The molecule has 0 heterocycles. The zero-order chi connectivity index (χ0) is 36.4. The van der Waals surface area contributed by atoms with Crippen molar-refractivity contribution in [3.63, 3.8) is 0 Å². The van der Waals surface area contributed by atoms with E-state index in [9.17, 15) is 28.8 Å². The molecule has 48 heavy (non-hydrogen) atoms. The van der Waals surface area contributed by atoms with Gasteiger partial charge in [-0.15, -0.1) is 0 Å². The van der Waals surface area contributed by atoms with Crippen LogP contribution in [0.1, 0.15) is 86.1 Å². The largest absolute Gasteiger partial charge is 0.461 e. The summed E-state index contributed by atoms with van der Waals surface area (Å²) in [4.78, 5) is 78.2. The Balaban J connectivity index is 3.26. The first-order valence-corrected chi connectivity index (χ1v) is 17.8. The van der Waals surface area contributed by atoms with Gasteiger partial charge in [0.25, 0.3) is 0 Å². The number of esters is 1. The van der Waals surface area contributed by atoms with E-state index in [1.807, 2.05) is 38.3 Å². The average molecular weight is 694 g/mol. The number of carbonyl (C=O) groups is 6. The molecule has 0 spiro atoms. The number of amides is 5. The second kappa shape index (κ2) is 21.2. The van der Waals surface area contributed by atoms with Crippen molar-refractivity contribution < 1.29 is 38.2 Å². The van der Waals surface area contributed by atoms with Crippen molar-refractivity contribution in [1.29, 1.82) is 0 Å². The van der Waals surface area contributed by atoms with Crippen molar-refractivity contribution in [2.45, 2.75) is 117 Å². The topological polar surface area (TPSA) is 195 Å². The molecule has 1 aromatic rings. The van der Waals surface area contributed by atoms with Crippen molar-refractivity contribution in [1.82, 2.24) is 21.3 Å². The molecule has 6 atom stereocenters. The van der Waals surface area contributed by atoms with Crippen LogP contribution in [-0.2, 0) is 40.1 Å². The lowest BCUT2D eigenvalue weighted by molar-refractivity contribution is -0.145. The highest BCUT2D eigenvalue weighted by Gasteiger charge is 2.34. The van der Waals surface area contributed by atoms with Gasteiger partial charge in [0.2, 0.25) is 23.6 Å². The molecule has 0 saturated heterocycles. The Kier molecular flexibility index (Phi) is 18.7. The lowest BCUT2D eigenvalue weighted by Crippen LogP contribution is -2.60. The van der Waals surface area contributed by atoms with Gasteiger partial charge in [-0.25, -0.2) is 4.79 Å². The predicted molar refractivity (Wildman–Crippen MR) is 186 cm³/mol. The molecule has 0 unspecified atom stereocenters. The maximum absolute atomic E-state index is 13.8. The van der Waals surface area contributed by atoms with Crippen molar-refractivity contribution in [2.75, 3.05) is 12.0 Å². The van der Waals surface area contributed by atoms with E-state index in [0.29, 0.717) is 18.6 Å². The van der Waals surface area contributed by atoms with Crippen LogP contribution in [0.3, 0.4) is 0 Å². The highest BCUT2D eigenvalue weighted by molar-refractivity contribution is 7.98. The van der Waals surface area contributed by atoms with E-state index >= 15 is 0 Å². The number of hydrogen-bond acceptors (Lipinski definition) is 9. The monoisotopic (exact) mass is 693 g/mol. The molecule has 0 aromatic heterocycles. The van der Waals surface area contributed by atoms with E-state index < -0.39 is 65.5 Å². The van der Waals surface area contributed by atoms with E-state index in [1.165, 1.54) is 11.8 Å². The van der Waals surface area contributed by atoms with Crippen LogP contribution in [0.4, 0.5) is 4.79 Å². The maximum Gasteiger partial charge on any atom is 0.408 e. The summed E-state index contributed by atoms with van der Waals surface area (Å²) < 4.78 is 10.7. The van der Waals surface area contributed by atoms with Crippen LogP contribution in [0.2, 0.25) is 0 Å². The first-order valence-electron chi connectivity index (χ1n) is 16.4. The van der Waals surface area contributed by atoms with Crippen molar-refractivity contribution >= 4 is 47.5 Å². The molecule has 13 nitrogen and oxygen atoms in total. The Morgan fingerprint density at radius 3 is 1.88 bits per heavy atom. The molecular formula is C34H55N5O8S. The molecule has 0 radical (unpaired) electrons. The van der Waals surface area contributed by atoms with Crippen LogP contribution in [0.5, 0.6) is 0 Å². The molecule has 5 amide bonds. The van der Waals surface area contributed by atoms with E-state index in [-0.39, 0.29) is 37.7 Å². The van der Waals surface area contributed by atoms with Gasteiger partial charge in [-0.3, -0.25) is 24.0 Å². The Labute approximate surface area is 289 Å². The highest BCUT2D eigenvalue weighted by Crippen LogP contribution is 2.14. The number of hydrogen-bond donors (Lipinski definition) is 5. The zero-order valence-electron chi connectivity index (χ0n) is 29.6. The van der Waals surface area contributed by atoms with Gasteiger partial charge in [-0.05, 0) is 63.0 Å². The molecule has 0 aliphatic carbocycles. The van der Waals surface area contributed by atoms with Crippen molar-refractivity contribution in [3.8, 4) is 0 Å². The van der Waals surface area contributed by atoms with Crippen molar-refractivity contribution in [3.05, 3.63) is 35.9 Å². The molecule has 0 bridgehead atoms. The third kappa shape index (κ3) is 15.9. The number of primary amides is 1. The fraction of sp³-hybridized carbons (Fsp3) is 0.647. The normalized spacial score (nSPS) is 15.0. The number of carbonyl (C=O) groups excluding carboxylic acids is 6. The third-order valence-corrected chi connectivity index (χ3v) is 8.39. The second-order valence-corrected chi connectivity index (χ2v) is 13.9. The van der Waals surface area contributed by atoms with Crippen LogP contribution < -0.4 is 27.0 Å². The Hall–Kier alpha value is -3.81. The third-order valence-electron chi connectivity index (χ3n) is 7.74. The van der Waals surface area contributed by atoms with E-state index in [2.05, 4.69) is 21.3 Å². The number of ether oxygens (including phenoxy) is 2. The molecule has 0 saturated carbocycles. The molecular weight excluding hydrogens is 638 g/mol. The van der Waals surface area contributed by atoms with Gasteiger partial charge >= 0.3 is 12.1 Å². The number of rotatable bonds is 20. The molecule has 0 fully saturated rings. The van der Waals surface area contributed by atoms with Gasteiger partial charge in [0.15, 0.2) is 0 Å². The first kappa shape index (κ1) is 42.2.